The van der Waals surface area contributed by atoms with E-state index in [1.807, 2.05) is 44.2 Å². The van der Waals surface area contributed by atoms with E-state index < -0.39 is 0 Å². The summed E-state index contributed by atoms with van der Waals surface area (Å²) in [5.41, 5.74) is 3.55. The second-order valence-corrected chi connectivity index (χ2v) is 8.11. The highest BCUT2D eigenvalue weighted by Crippen LogP contribution is 2.23. The number of fused-ring (bicyclic) bond motifs is 1. The van der Waals surface area contributed by atoms with Gasteiger partial charge < -0.3 is 4.74 Å². The van der Waals surface area contributed by atoms with E-state index in [0.29, 0.717) is 34.2 Å². The molecule has 4 rings (SSSR count). The fourth-order valence-corrected chi connectivity index (χ4v) is 4.17. The van der Waals surface area contributed by atoms with Gasteiger partial charge in [0.1, 0.15) is 11.6 Å². The van der Waals surface area contributed by atoms with Crippen molar-refractivity contribution in [3.63, 3.8) is 0 Å². The Morgan fingerprint density at radius 3 is 2.43 bits per heavy atom. The molecule has 1 heterocycles. The van der Waals surface area contributed by atoms with Gasteiger partial charge in [0, 0.05) is 5.75 Å². The lowest BCUT2D eigenvalue weighted by Crippen LogP contribution is -2.22. The van der Waals surface area contributed by atoms with E-state index in [-0.39, 0.29) is 11.4 Å². The quantitative estimate of drug-likeness (QED) is 0.241. The molecule has 0 unspecified atom stereocenters. The second kappa shape index (κ2) is 8.71. The molecule has 0 spiro atoms. The van der Waals surface area contributed by atoms with Gasteiger partial charge >= 0.3 is 0 Å². The number of nitrogens with zero attached hydrogens (tertiary/aromatic N) is 2. The lowest BCUT2D eigenvalue weighted by Gasteiger charge is -2.14. The van der Waals surface area contributed by atoms with Gasteiger partial charge in [-0.3, -0.25) is 9.36 Å². The molecular formula is C24H21FN2O2S. The third-order valence-electron chi connectivity index (χ3n) is 4.61. The number of hydrogen-bond donors (Lipinski definition) is 0. The maximum absolute atomic E-state index is 13.3. The summed E-state index contributed by atoms with van der Waals surface area (Å²) in [7, 11) is 0. The van der Waals surface area contributed by atoms with E-state index in [9.17, 15) is 9.18 Å². The minimum absolute atomic E-state index is 0.0902. The number of aryl methyl sites for hydroxylation is 2. The first-order valence-electron chi connectivity index (χ1n) is 9.63. The monoisotopic (exact) mass is 420 g/mol. The number of rotatable bonds is 6. The molecule has 0 aliphatic rings. The van der Waals surface area contributed by atoms with Crippen LogP contribution in [0.5, 0.6) is 5.75 Å². The van der Waals surface area contributed by atoms with Crippen molar-refractivity contribution >= 4 is 22.7 Å². The Balaban J connectivity index is 1.65. The van der Waals surface area contributed by atoms with Crippen LogP contribution in [-0.4, -0.2) is 21.9 Å². The highest BCUT2D eigenvalue weighted by atomic mass is 32.2. The molecule has 0 saturated heterocycles. The molecule has 0 radical (unpaired) electrons. The average molecular weight is 421 g/mol. The molecule has 152 valence electrons. The van der Waals surface area contributed by atoms with Gasteiger partial charge in [-0.15, -0.1) is 0 Å². The van der Waals surface area contributed by atoms with E-state index >= 15 is 0 Å². The van der Waals surface area contributed by atoms with Gasteiger partial charge in [0.05, 0.1) is 23.2 Å². The Morgan fingerprint density at radius 2 is 1.70 bits per heavy atom. The summed E-state index contributed by atoms with van der Waals surface area (Å²) in [6.45, 7) is 4.44. The summed E-state index contributed by atoms with van der Waals surface area (Å²) in [6.07, 6.45) is 0. The summed E-state index contributed by atoms with van der Waals surface area (Å²) >= 11 is 1.46. The third-order valence-corrected chi connectivity index (χ3v) is 5.51. The summed E-state index contributed by atoms with van der Waals surface area (Å²) < 4.78 is 20.4. The van der Waals surface area contributed by atoms with Crippen molar-refractivity contribution in [2.45, 2.75) is 19.0 Å². The normalized spacial score (nSPS) is 11.0. The van der Waals surface area contributed by atoms with Gasteiger partial charge in [-0.1, -0.05) is 30.0 Å². The van der Waals surface area contributed by atoms with Crippen LogP contribution in [0.25, 0.3) is 16.6 Å². The van der Waals surface area contributed by atoms with Gasteiger partial charge in [-0.2, -0.15) is 0 Å². The number of para-hydroxylation sites is 1. The third kappa shape index (κ3) is 4.39. The van der Waals surface area contributed by atoms with Crippen LogP contribution in [0, 0.1) is 19.7 Å². The van der Waals surface area contributed by atoms with Crippen LogP contribution in [0.15, 0.2) is 76.7 Å². The number of ether oxygens (including phenoxy) is 1. The zero-order chi connectivity index (χ0) is 21.1. The minimum Gasteiger partial charge on any atom is -0.493 e. The van der Waals surface area contributed by atoms with E-state index in [4.69, 9.17) is 9.72 Å². The molecule has 0 aliphatic carbocycles. The van der Waals surface area contributed by atoms with E-state index in [1.165, 1.54) is 23.9 Å². The van der Waals surface area contributed by atoms with Crippen LogP contribution in [0.2, 0.25) is 0 Å². The molecule has 0 atom stereocenters. The molecule has 30 heavy (non-hydrogen) atoms. The molecular weight excluding hydrogens is 399 g/mol. The molecule has 0 aliphatic heterocycles. The SMILES string of the molecule is Cc1cc(C)cc(-n2c(SCCOc3ccc(F)cc3)nc3ccccc3c2=O)c1. The first-order chi connectivity index (χ1) is 14.5. The molecule has 4 aromatic rings. The van der Waals surface area contributed by atoms with Crippen molar-refractivity contribution in [3.8, 4) is 11.4 Å². The molecule has 0 fully saturated rings. The molecule has 6 heteroatoms. The van der Waals surface area contributed by atoms with Crippen molar-refractivity contribution < 1.29 is 9.13 Å². The maximum atomic E-state index is 13.3. The van der Waals surface area contributed by atoms with Crippen LogP contribution in [0.1, 0.15) is 11.1 Å². The van der Waals surface area contributed by atoms with Crippen molar-refractivity contribution in [2.24, 2.45) is 0 Å². The first-order valence-corrected chi connectivity index (χ1v) is 10.6. The summed E-state index contributed by atoms with van der Waals surface area (Å²) in [5, 5.41) is 1.20. The predicted molar refractivity (Wildman–Crippen MR) is 119 cm³/mol. The molecule has 0 saturated carbocycles. The van der Waals surface area contributed by atoms with Crippen molar-refractivity contribution in [1.82, 2.24) is 9.55 Å². The standard InChI is InChI=1S/C24H21FN2O2S/c1-16-13-17(2)15-19(14-16)27-23(28)21-5-3-4-6-22(21)26-24(27)30-12-11-29-20-9-7-18(25)8-10-20/h3-10,13-15H,11-12H2,1-2H3. The maximum Gasteiger partial charge on any atom is 0.266 e. The van der Waals surface area contributed by atoms with Crippen LogP contribution in [0.4, 0.5) is 4.39 Å². The number of aromatic nitrogens is 2. The molecule has 0 amide bonds. The van der Waals surface area contributed by atoms with Crippen LogP contribution < -0.4 is 10.3 Å². The van der Waals surface area contributed by atoms with Crippen molar-refractivity contribution in [3.05, 3.63) is 94.0 Å². The Labute approximate surface area is 178 Å². The van der Waals surface area contributed by atoms with Crippen LogP contribution in [0.3, 0.4) is 0 Å². The van der Waals surface area contributed by atoms with Gasteiger partial charge in [-0.25, -0.2) is 9.37 Å². The molecule has 0 bridgehead atoms. The number of hydrogen-bond acceptors (Lipinski definition) is 4. The molecule has 4 nitrogen and oxygen atoms in total. The lowest BCUT2D eigenvalue weighted by atomic mass is 10.1. The van der Waals surface area contributed by atoms with Crippen molar-refractivity contribution in [2.75, 3.05) is 12.4 Å². The smallest absolute Gasteiger partial charge is 0.266 e. The Bertz CT molecular complexity index is 1230. The fourth-order valence-electron chi connectivity index (χ4n) is 3.34. The van der Waals surface area contributed by atoms with Gasteiger partial charge in [0.2, 0.25) is 0 Å². The second-order valence-electron chi connectivity index (χ2n) is 7.05. The number of benzene rings is 3. The summed E-state index contributed by atoms with van der Waals surface area (Å²) in [4.78, 5) is 18.0. The van der Waals surface area contributed by atoms with E-state index in [0.717, 1.165) is 16.8 Å². The average Bonchev–Trinajstić information content (AvgIpc) is 2.72. The summed E-state index contributed by atoms with van der Waals surface area (Å²) in [6, 6.07) is 19.4. The first kappa shape index (κ1) is 20.2. The van der Waals surface area contributed by atoms with E-state index in [2.05, 4.69) is 6.07 Å². The molecule has 0 N–H and O–H groups in total. The Morgan fingerprint density at radius 1 is 1.00 bits per heavy atom. The minimum atomic E-state index is -0.297. The highest BCUT2D eigenvalue weighted by molar-refractivity contribution is 7.99. The van der Waals surface area contributed by atoms with Gasteiger partial charge in [-0.05, 0) is 73.5 Å². The zero-order valence-corrected chi connectivity index (χ0v) is 17.6. The van der Waals surface area contributed by atoms with Crippen molar-refractivity contribution in [1.29, 1.82) is 0 Å². The molecule has 1 aromatic heterocycles. The van der Waals surface area contributed by atoms with Gasteiger partial charge in [0.15, 0.2) is 5.16 Å². The Hall–Kier alpha value is -3.12. The topological polar surface area (TPSA) is 44.1 Å². The van der Waals surface area contributed by atoms with Gasteiger partial charge in [0.25, 0.3) is 5.56 Å². The predicted octanol–water partition coefficient (Wildman–Crippen LogP) is 5.31. The number of thioether (sulfide) groups is 1. The summed E-state index contributed by atoms with van der Waals surface area (Å²) in [5.74, 6) is 0.900. The van der Waals surface area contributed by atoms with E-state index in [1.54, 1.807) is 22.8 Å². The largest absolute Gasteiger partial charge is 0.493 e. The highest BCUT2D eigenvalue weighted by Gasteiger charge is 2.14. The zero-order valence-electron chi connectivity index (χ0n) is 16.8. The Kier molecular flexibility index (Phi) is 5.86. The molecule has 3 aromatic carbocycles. The number of halogens is 1. The van der Waals surface area contributed by atoms with Crippen LogP contribution >= 0.6 is 11.8 Å². The van der Waals surface area contributed by atoms with Crippen LogP contribution in [-0.2, 0) is 0 Å². The fraction of sp³-hybridized carbons (Fsp3) is 0.167. The lowest BCUT2D eigenvalue weighted by molar-refractivity contribution is 0.343.